The van der Waals surface area contributed by atoms with Crippen molar-refractivity contribution in [2.75, 3.05) is 0 Å². The minimum Gasteiger partial charge on any atom is -0.414 e. The van der Waals surface area contributed by atoms with E-state index in [1.54, 1.807) is 12.1 Å². The van der Waals surface area contributed by atoms with Crippen molar-refractivity contribution in [2.45, 2.75) is 76.6 Å². The first-order chi connectivity index (χ1) is 9.71. The van der Waals surface area contributed by atoms with Crippen molar-refractivity contribution in [3.63, 3.8) is 0 Å². The zero-order chi connectivity index (χ0) is 15.7. The summed E-state index contributed by atoms with van der Waals surface area (Å²) < 4.78 is 20.4. The second kappa shape index (κ2) is 6.21. The van der Waals surface area contributed by atoms with Crippen molar-refractivity contribution in [1.82, 2.24) is 0 Å². The molecular formula is C18H29FOSi. The van der Waals surface area contributed by atoms with Gasteiger partial charge in [-0.15, -0.1) is 0 Å². The van der Waals surface area contributed by atoms with E-state index in [4.69, 9.17) is 4.43 Å². The Labute approximate surface area is 130 Å². The molecule has 0 atom stereocenters. The molecule has 0 unspecified atom stereocenters. The van der Waals surface area contributed by atoms with Crippen molar-refractivity contribution < 1.29 is 8.82 Å². The van der Waals surface area contributed by atoms with Crippen LogP contribution in [-0.2, 0) is 4.43 Å². The molecule has 3 heteroatoms. The molecule has 0 aliphatic heterocycles. The first-order valence-corrected chi connectivity index (χ1v) is 11.0. The minimum absolute atomic E-state index is 0.0498. The van der Waals surface area contributed by atoms with Gasteiger partial charge in [-0.1, -0.05) is 39.0 Å². The molecule has 1 aromatic rings. The molecule has 2 rings (SSSR count). The van der Waals surface area contributed by atoms with Crippen LogP contribution in [0.15, 0.2) is 24.3 Å². The third-order valence-corrected chi connectivity index (χ3v) is 9.82. The number of hydrogen-bond donors (Lipinski definition) is 0. The van der Waals surface area contributed by atoms with Crippen LogP contribution in [-0.4, -0.2) is 14.4 Å². The molecule has 1 aliphatic carbocycles. The second-order valence-corrected chi connectivity index (χ2v) is 12.6. The highest BCUT2D eigenvalue weighted by Gasteiger charge is 2.39. The molecular weight excluding hydrogens is 279 g/mol. The van der Waals surface area contributed by atoms with Gasteiger partial charge < -0.3 is 4.43 Å². The lowest BCUT2D eigenvalue weighted by Gasteiger charge is -2.41. The SMILES string of the molecule is CC(C)(C)[Si](C)(C)OC1CCC(c2ccccc2F)CC1. The van der Waals surface area contributed by atoms with Gasteiger partial charge in [0, 0.05) is 6.10 Å². The average molecular weight is 309 g/mol. The third-order valence-electron chi connectivity index (χ3n) is 5.29. The Morgan fingerprint density at radius 1 is 1.05 bits per heavy atom. The monoisotopic (exact) mass is 308 g/mol. The van der Waals surface area contributed by atoms with Crippen LogP contribution in [0.2, 0.25) is 18.1 Å². The summed E-state index contributed by atoms with van der Waals surface area (Å²) in [5.74, 6) is 0.316. The fraction of sp³-hybridized carbons (Fsp3) is 0.667. The van der Waals surface area contributed by atoms with Crippen LogP contribution in [0.3, 0.4) is 0 Å². The van der Waals surface area contributed by atoms with Crippen LogP contribution in [0.5, 0.6) is 0 Å². The summed E-state index contributed by atoms with van der Waals surface area (Å²) in [6, 6.07) is 7.23. The molecule has 0 spiro atoms. The molecule has 118 valence electrons. The van der Waals surface area contributed by atoms with Gasteiger partial charge in [0.1, 0.15) is 5.82 Å². The lowest BCUT2D eigenvalue weighted by molar-refractivity contribution is 0.129. The third kappa shape index (κ3) is 3.95. The van der Waals surface area contributed by atoms with Crippen molar-refractivity contribution in [2.24, 2.45) is 0 Å². The van der Waals surface area contributed by atoms with E-state index in [0.717, 1.165) is 31.2 Å². The molecule has 1 fully saturated rings. The molecule has 0 amide bonds. The van der Waals surface area contributed by atoms with E-state index in [0.29, 0.717) is 12.0 Å². The van der Waals surface area contributed by atoms with Gasteiger partial charge in [-0.25, -0.2) is 4.39 Å². The summed E-state index contributed by atoms with van der Waals surface area (Å²) in [6.07, 6.45) is 4.58. The van der Waals surface area contributed by atoms with Gasteiger partial charge in [-0.2, -0.15) is 0 Å². The molecule has 0 saturated heterocycles. The van der Waals surface area contributed by atoms with Crippen LogP contribution >= 0.6 is 0 Å². The standard InChI is InChI=1S/C18H29FOSi/c1-18(2,3)21(4,5)20-15-12-10-14(11-13-15)16-8-6-7-9-17(16)19/h6-9,14-15H,10-13H2,1-5H3. The van der Waals surface area contributed by atoms with Gasteiger partial charge in [0.2, 0.25) is 0 Å². The predicted octanol–water partition coefficient (Wildman–Crippen LogP) is 5.87. The maximum absolute atomic E-state index is 13.9. The first-order valence-electron chi connectivity index (χ1n) is 8.13. The van der Waals surface area contributed by atoms with E-state index in [1.807, 2.05) is 12.1 Å². The number of rotatable bonds is 3. The number of hydrogen-bond acceptors (Lipinski definition) is 1. The zero-order valence-electron chi connectivity index (χ0n) is 14.1. The average Bonchev–Trinajstić information content (AvgIpc) is 2.39. The Balaban J connectivity index is 1.94. The molecule has 0 heterocycles. The highest BCUT2D eigenvalue weighted by Crippen LogP contribution is 2.41. The number of halogens is 1. The second-order valence-electron chi connectivity index (χ2n) is 7.87. The van der Waals surface area contributed by atoms with E-state index in [1.165, 1.54) is 0 Å². The van der Waals surface area contributed by atoms with Crippen molar-refractivity contribution in [3.05, 3.63) is 35.6 Å². The Morgan fingerprint density at radius 3 is 2.14 bits per heavy atom. The van der Waals surface area contributed by atoms with Crippen LogP contribution in [0.25, 0.3) is 0 Å². The largest absolute Gasteiger partial charge is 0.414 e. The summed E-state index contributed by atoms with van der Waals surface area (Å²) in [6.45, 7) is 11.5. The van der Waals surface area contributed by atoms with Crippen molar-refractivity contribution in [3.8, 4) is 0 Å². The summed E-state index contributed by atoms with van der Waals surface area (Å²) in [5, 5.41) is 0.259. The summed E-state index contributed by atoms with van der Waals surface area (Å²) in [7, 11) is -1.68. The van der Waals surface area contributed by atoms with Crippen LogP contribution < -0.4 is 0 Å². The first kappa shape index (κ1) is 16.7. The van der Waals surface area contributed by atoms with E-state index in [2.05, 4.69) is 33.9 Å². The smallest absolute Gasteiger partial charge is 0.192 e. The molecule has 1 aromatic carbocycles. The molecule has 0 radical (unpaired) electrons. The van der Waals surface area contributed by atoms with Crippen molar-refractivity contribution >= 4 is 8.32 Å². The molecule has 0 bridgehead atoms. The summed E-state index contributed by atoms with van der Waals surface area (Å²) in [4.78, 5) is 0. The number of benzene rings is 1. The normalized spacial score (nSPS) is 24.1. The van der Waals surface area contributed by atoms with Gasteiger partial charge in [0.15, 0.2) is 8.32 Å². The van der Waals surface area contributed by atoms with Gasteiger partial charge in [-0.3, -0.25) is 0 Å². The molecule has 0 N–H and O–H groups in total. The highest BCUT2D eigenvalue weighted by atomic mass is 28.4. The Kier molecular flexibility index (Phi) is 4.94. The molecule has 0 aromatic heterocycles. The van der Waals surface area contributed by atoms with E-state index in [-0.39, 0.29) is 10.9 Å². The fourth-order valence-electron chi connectivity index (χ4n) is 2.89. The van der Waals surface area contributed by atoms with Crippen molar-refractivity contribution in [1.29, 1.82) is 0 Å². The van der Waals surface area contributed by atoms with Crippen LogP contribution in [0.4, 0.5) is 4.39 Å². The van der Waals surface area contributed by atoms with Crippen LogP contribution in [0, 0.1) is 5.82 Å². The lowest BCUT2D eigenvalue weighted by atomic mass is 9.82. The Morgan fingerprint density at radius 2 is 1.62 bits per heavy atom. The van der Waals surface area contributed by atoms with Crippen LogP contribution in [0.1, 0.15) is 57.9 Å². The van der Waals surface area contributed by atoms with E-state index >= 15 is 0 Å². The summed E-state index contributed by atoms with van der Waals surface area (Å²) in [5.41, 5.74) is 0.892. The topological polar surface area (TPSA) is 9.23 Å². The molecule has 21 heavy (non-hydrogen) atoms. The quantitative estimate of drug-likeness (QED) is 0.634. The molecule has 1 aliphatic rings. The van der Waals surface area contributed by atoms with Gasteiger partial charge in [0.25, 0.3) is 0 Å². The maximum Gasteiger partial charge on any atom is 0.192 e. The van der Waals surface area contributed by atoms with E-state index < -0.39 is 8.32 Å². The fourth-order valence-corrected chi connectivity index (χ4v) is 4.31. The lowest BCUT2D eigenvalue weighted by Crippen LogP contribution is -2.44. The molecule has 1 nitrogen and oxygen atoms in total. The minimum atomic E-state index is -1.68. The zero-order valence-corrected chi connectivity index (χ0v) is 15.1. The highest BCUT2D eigenvalue weighted by molar-refractivity contribution is 6.74. The molecule has 1 saturated carbocycles. The maximum atomic E-state index is 13.9. The Hall–Kier alpha value is -0.673. The Bertz CT molecular complexity index is 470. The van der Waals surface area contributed by atoms with Gasteiger partial charge >= 0.3 is 0 Å². The van der Waals surface area contributed by atoms with Gasteiger partial charge in [-0.05, 0) is 61.4 Å². The van der Waals surface area contributed by atoms with Gasteiger partial charge in [0.05, 0.1) is 0 Å². The predicted molar refractivity (Wildman–Crippen MR) is 89.7 cm³/mol. The van der Waals surface area contributed by atoms with E-state index in [9.17, 15) is 4.39 Å². The summed E-state index contributed by atoms with van der Waals surface area (Å²) >= 11 is 0.